The summed E-state index contributed by atoms with van der Waals surface area (Å²) >= 11 is 0. The van der Waals surface area contributed by atoms with E-state index in [1.165, 1.54) is 0 Å². The van der Waals surface area contributed by atoms with Gasteiger partial charge in [-0.05, 0) is 19.1 Å². The number of carbonyl (C=O) groups is 1. The van der Waals surface area contributed by atoms with E-state index in [0.717, 1.165) is 22.6 Å². The standard InChI is InChI=1S/C19H19N3O3/c1-11-20-19(15-6-4-5-7-22(11)15)13-10-17(23)21-14-8-12(24-2)9-16(25-3)18(13)14/h4-9,13H,10H2,1-3H3,(H,21,23). The van der Waals surface area contributed by atoms with Gasteiger partial charge in [-0.2, -0.15) is 0 Å². The number of nitrogens with zero attached hydrogens (tertiary/aromatic N) is 2. The van der Waals surface area contributed by atoms with Gasteiger partial charge in [-0.1, -0.05) is 6.07 Å². The summed E-state index contributed by atoms with van der Waals surface area (Å²) in [6.07, 6.45) is 2.31. The number of aromatic nitrogens is 2. The van der Waals surface area contributed by atoms with Crippen molar-refractivity contribution in [1.29, 1.82) is 0 Å². The van der Waals surface area contributed by atoms with Crippen molar-refractivity contribution in [2.24, 2.45) is 0 Å². The zero-order chi connectivity index (χ0) is 17.6. The highest BCUT2D eigenvalue weighted by Gasteiger charge is 2.33. The number of carbonyl (C=O) groups excluding carboxylic acids is 1. The highest BCUT2D eigenvalue weighted by molar-refractivity contribution is 5.96. The van der Waals surface area contributed by atoms with Crippen LogP contribution in [0.25, 0.3) is 5.52 Å². The van der Waals surface area contributed by atoms with E-state index in [9.17, 15) is 4.79 Å². The minimum absolute atomic E-state index is 0.0393. The number of fused-ring (bicyclic) bond motifs is 2. The fraction of sp³-hybridized carbons (Fsp3) is 0.263. The molecule has 1 aliphatic rings. The molecular weight excluding hydrogens is 318 g/mol. The number of imidazole rings is 1. The van der Waals surface area contributed by atoms with Crippen LogP contribution in [0.4, 0.5) is 5.69 Å². The Kier molecular flexibility index (Phi) is 3.60. The molecule has 128 valence electrons. The van der Waals surface area contributed by atoms with E-state index in [1.807, 2.05) is 47.9 Å². The van der Waals surface area contributed by atoms with Crippen LogP contribution in [0.3, 0.4) is 0 Å². The van der Waals surface area contributed by atoms with Crippen LogP contribution in [-0.2, 0) is 4.79 Å². The van der Waals surface area contributed by atoms with Crippen LogP contribution in [0.2, 0.25) is 0 Å². The van der Waals surface area contributed by atoms with E-state index in [4.69, 9.17) is 14.5 Å². The lowest BCUT2D eigenvalue weighted by molar-refractivity contribution is -0.116. The van der Waals surface area contributed by atoms with Crippen LogP contribution >= 0.6 is 0 Å². The number of anilines is 1. The molecule has 1 amide bonds. The average molecular weight is 337 g/mol. The van der Waals surface area contributed by atoms with E-state index < -0.39 is 0 Å². The van der Waals surface area contributed by atoms with Crippen LogP contribution < -0.4 is 14.8 Å². The highest BCUT2D eigenvalue weighted by Crippen LogP contribution is 2.45. The summed E-state index contributed by atoms with van der Waals surface area (Å²) in [5.74, 6) is 2.01. The van der Waals surface area contributed by atoms with Crippen LogP contribution in [0.1, 0.15) is 29.4 Å². The summed E-state index contributed by atoms with van der Waals surface area (Å²) in [6, 6.07) is 9.65. The van der Waals surface area contributed by atoms with Gasteiger partial charge in [0.05, 0.1) is 31.1 Å². The molecule has 0 bridgehead atoms. The van der Waals surface area contributed by atoms with Gasteiger partial charge in [-0.3, -0.25) is 4.79 Å². The summed E-state index contributed by atoms with van der Waals surface area (Å²) < 4.78 is 13.0. The predicted molar refractivity (Wildman–Crippen MR) is 94.6 cm³/mol. The maximum atomic E-state index is 12.3. The van der Waals surface area contributed by atoms with Crippen molar-refractivity contribution in [2.45, 2.75) is 19.3 Å². The molecule has 4 rings (SSSR count). The first-order valence-electron chi connectivity index (χ1n) is 8.11. The topological polar surface area (TPSA) is 64.9 Å². The fourth-order valence-electron chi connectivity index (χ4n) is 3.55. The summed E-state index contributed by atoms with van der Waals surface area (Å²) in [7, 11) is 3.22. The molecule has 25 heavy (non-hydrogen) atoms. The fourth-order valence-corrected chi connectivity index (χ4v) is 3.55. The maximum Gasteiger partial charge on any atom is 0.225 e. The van der Waals surface area contributed by atoms with Gasteiger partial charge in [0.2, 0.25) is 5.91 Å². The molecule has 6 heteroatoms. The number of rotatable bonds is 3. The molecule has 0 aliphatic carbocycles. The largest absolute Gasteiger partial charge is 0.497 e. The minimum Gasteiger partial charge on any atom is -0.497 e. The molecule has 1 aromatic carbocycles. The molecule has 6 nitrogen and oxygen atoms in total. The number of pyridine rings is 1. The zero-order valence-corrected chi connectivity index (χ0v) is 14.4. The van der Waals surface area contributed by atoms with Crippen molar-refractivity contribution in [3.63, 3.8) is 0 Å². The van der Waals surface area contributed by atoms with E-state index in [-0.39, 0.29) is 11.8 Å². The number of benzene rings is 1. The molecule has 0 radical (unpaired) electrons. The molecule has 1 N–H and O–H groups in total. The van der Waals surface area contributed by atoms with Crippen LogP contribution in [0, 0.1) is 6.92 Å². The molecule has 3 aromatic rings. The van der Waals surface area contributed by atoms with Gasteiger partial charge in [-0.15, -0.1) is 0 Å². The van der Waals surface area contributed by atoms with Gasteiger partial charge < -0.3 is 19.2 Å². The molecule has 2 aromatic heterocycles. The second-order valence-corrected chi connectivity index (χ2v) is 6.10. The molecule has 3 heterocycles. The Labute approximate surface area is 145 Å². The smallest absolute Gasteiger partial charge is 0.225 e. The van der Waals surface area contributed by atoms with Gasteiger partial charge in [0.25, 0.3) is 0 Å². The molecule has 1 aliphatic heterocycles. The number of hydrogen-bond donors (Lipinski definition) is 1. The molecule has 0 saturated heterocycles. The lowest BCUT2D eigenvalue weighted by Gasteiger charge is -2.27. The van der Waals surface area contributed by atoms with Gasteiger partial charge in [-0.25, -0.2) is 4.98 Å². The molecule has 0 saturated carbocycles. The maximum absolute atomic E-state index is 12.3. The Morgan fingerprint density at radius 1 is 1.24 bits per heavy atom. The van der Waals surface area contributed by atoms with E-state index in [0.29, 0.717) is 23.6 Å². The number of aryl methyl sites for hydroxylation is 1. The van der Waals surface area contributed by atoms with Gasteiger partial charge in [0.1, 0.15) is 17.3 Å². The number of amides is 1. The van der Waals surface area contributed by atoms with Crippen LogP contribution in [0.5, 0.6) is 11.5 Å². The number of ether oxygens (including phenoxy) is 2. The Hall–Kier alpha value is -3.02. The van der Waals surface area contributed by atoms with Crippen LogP contribution in [-0.4, -0.2) is 29.5 Å². The van der Waals surface area contributed by atoms with E-state index >= 15 is 0 Å². The first-order chi connectivity index (χ1) is 12.1. The summed E-state index contributed by atoms with van der Waals surface area (Å²) in [5.41, 5.74) is 3.54. The van der Waals surface area contributed by atoms with Crippen molar-refractivity contribution in [3.8, 4) is 11.5 Å². The van der Waals surface area contributed by atoms with E-state index in [2.05, 4.69) is 5.32 Å². The number of hydrogen-bond acceptors (Lipinski definition) is 4. The third kappa shape index (κ3) is 2.41. The van der Waals surface area contributed by atoms with Gasteiger partial charge in [0, 0.05) is 36.2 Å². The number of methoxy groups -OCH3 is 2. The SMILES string of the molecule is COc1cc2c(c(OC)c1)C(c1nc(C)n3ccccc13)CC(=O)N2. The first-order valence-corrected chi connectivity index (χ1v) is 8.11. The summed E-state index contributed by atoms with van der Waals surface area (Å²) in [4.78, 5) is 17.1. The molecule has 1 unspecified atom stereocenters. The summed E-state index contributed by atoms with van der Waals surface area (Å²) in [5, 5.41) is 2.93. The van der Waals surface area contributed by atoms with E-state index in [1.54, 1.807) is 14.2 Å². The normalized spacial score (nSPS) is 16.4. The highest BCUT2D eigenvalue weighted by atomic mass is 16.5. The quantitative estimate of drug-likeness (QED) is 0.797. The third-order valence-corrected chi connectivity index (χ3v) is 4.67. The summed E-state index contributed by atoms with van der Waals surface area (Å²) in [6.45, 7) is 1.96. The zero-order valence-electron chi connectivity index (χ0n) is 14.4. The second-order valence-electron chi connectivity index (χ2n) is 6.10. The Morgan fingerprint density at radius 2 is 2.08 bits per heavy atom. The molecule has 0 spiro atoms. The Morgan fingerprint density at radius 3 is 2.84 bits per heavy atom. The van der Waals surface area contributed by atoms with Crippen molar-refractivity contribution in [1.82, 2.24) is 9.38 Å². The van der Waals surface area contributed by atoms with Gasteiger partial charge >= 0.3 is 0 Å². The lowest BCUT2D eigenvalue weighted by atomic mass is 9.86. The molecule has 1 atom stereocenters. The number of nitrogens with one attached hydrogen (secondary N) is 1. The van der Waals surface area contributed by atoms with Gasteiger partial charge in [0.15, 0.2) is 0 Å². The lowest BCUT2D eigenvalue weighted by Crippen LogP contribution is -2.24. The molecule has 0 fully saturated rings. The Balaban J connectivity index is 1.96. The average Bonchev–Trinajstić information content (AvgIpc) is 2.97. The van der Waals surface area contributed by atoms with Crippen molar-refractivity contribution >= 4 is 17.1 Å². The van der Waals surface area contributed by atoms with Crippen LogP contribution in [0.15, 0.2) is 36.5 Å². The third-order valence-electron chi connectivity index (χ3n) is 4.67. The first kappa shape index (κ1) is 15.5. The monoisotopic (exact) mass is 337 g/mol. The van der Waals surface area contributed by atoms with Crippen molar-refractivity contribution in [2.75, 3.05) is 19.5 Å². The minimum atomic E-state index is -0.171. The predicted octanol–water partition coefficient (Wildman–Crippen LogP) is 3.13. The van der Waals surface area contributed by atoms with Crippen molar-refractivity contribution < 1.29 is 14.3 Å². The van der Waals surface area contributed by atoms with Crippen molar-refractivity contribution in [3.05, 3.63) is 53.6 Å². The Bertz CT molecular complexity index is 977. The second kappa shape index (κ2) is 5.81. The molecular formula is C19H19N3O3.